The van der Waals surface area contributed by atoms with E-state index in [1.165, 1.54) is 12.3 Å². The van der Waals surface area contributed by atoms with Crippen LogP contribution in [-0.4, -0.2) is 36.3 Å². The van der Waals surface area contributed by atoms with Crippen LogP contribution in [0.5, 0.6) is 0 Å². The summed E-state index contributed by atoms with van der Waals surface area (Å²) in [5.41, 5.74) is 0.126. The Morgan fingerprint density at radius 2 is 2.26 bits per heavy atom. The summed E-state index contributed by atoms with van der Waals surface area (Å²) < 4.78 is 4.88. The van der Waals surface area contributed by atoms with E-state index < -0.39 is 11.9 Å². The van der Waals surface area contributed by atoms with Crippen LogP contribution in [0.4, 0.5) is 5.82 Å². The predicted octanol–water partition coefficient (Wildman–Crippen LogP) is 0.976. The Morgan fingerprint density at radius 3 is 2.84 bits per heavy atom. The summed E-state index contributed by atoms with van der Waals surface area (Å²) in [7, 11) is 0. The first-order valence-corrected chi connectivity index (χ1v) is 5.65. The Hall–Kier alpha value is -2.50. The Morgan fingerprint density at radius 1 is 1.53 bits per heavy atom. The van der Waals surface area contributed by atoms with E-state index in [1.807, 2.05) is 0 Å². The number of carbonyl (C=O) groups excluding carboxylic acids is 3. The van der Waals surface area contributed by atoms with Gasteiger partial charge in [0.05, 0.1) is 13.2 Å². The molecule has 0 N–H and O–H groups in total. The highest BCUT2D eigenvalue weighted by Gasteiger charge is 2.21. The number of aldehydes is 1. The molecule has 0 spiro atoms. The van der Waals surface area contributed by atoms with Crippen LogP contribution in [0.15, 0.2) is 31.0 Å². The third kappa shape index (κ3) is 3.48. The van der Waals surface area contributed by atoms with Gasteiger partial charge >= 0.3 is 5.97 Å². The number of anilines is 1. The van der Waals surface area contributed by atoms with Crippen LogP contribution in [0.1, 0.15) is 17.3 Å². The first kappa shape index (κ1) is 14.6. The van der Waals surface area contributed by atoms with Crippen molar-refractivity contribution in [2.24, 2.45) is 0 Å². The van der Waals surface area contributed by atoms with Gasteiger partial charge in [-0.1, -0.05) is 6.58 Å². The number of hydrogen-bond donors (Lipinski definition) is 0. The minimum absolute atomic E-state index is 0.0814. The maximum Gasteiger partial charge on any atom is 0.341 e. The molecule has 0 aromatic carbocycles. The number of aromatic nitrogens is 1. The standard InChI is InChI=1S/C13H14N2O4/c1-3-11(17)15(8-9-16)12-10(6-5-7-14-12)13(18)19-4-2/h3,5-7,9H,1,4,8H2,2H3. The maximum atomic E-state index is 11.8. The summed E-state index contributed by atoms with van der Waals surface area (Å²) in [5, 5.41) is 0. The molecule has 1 heterocycles. The Balaban J connectivity index is 3.22. The second-order valence-electron chi connectivity index (χ2n) is 3.41. The van der Waals surface area contributed by atoms with E-state index in [-0.39, 0.29) is 24.5 Å². The van der Waals surface area contributed by atoms with E-state index in [2.05, 4.69) is 11.6 Å². The molecule has 1 aromatic rings. The van der Waals surface area contributed by atoms with E-state index in [9.17, 15) is 14.4 Å². The number of esters is 1. The number of amides is 1. The lowest BCUT2D eigenvalue weighted by molar-refractivity contribution is -0.116. The summed E-state index contributed by atoms with van der Waals surface area (Å²) in [6.07, 6.45) is 3.02. The average molecular weight is 262 g/mol. The van der Waals surface area contributed by atoms with Crippen LogP contribution >= 0.6 is 0 Å². The molecular weight excluding hydrogens is 248 g/mol. The third-order valence-corrected chi connectivity index (χ3v) is 2.24. The van der Waals surface area contributed by atoms with Crippen molar-refractivity contribution in [3.63, 3.8) is 0 Å². The van der Waals surface area contributed by atoms with E-state index in [0.29, 0.717) is 6.29 Å². The smallest absolute Gasteiger partial charge is 0.341 e. The number of ether oxygens (including phenoxy) is 1. The number of pyridine rings is 1. The molecule has 0 radical (unpaired) electrons. The minimum atomic E-state index is -0.599. The second-order valence-corrected chi connectivity index (χ2v) is 3.41. The van der Waals surface area contributed by atoms with Crippen LogP contribution in [0.25, 0.3) is 0 Å². The fourth-order valence-electron chi connectivity index (χ4n) is 1.45. The molecule has 0 unspecified atom stereocenters. The number of carbonyl (C=O) groups is 3. The van der Waals surface area contributed by atoms with E-state index in [1.54, 1.807) is 13.0 Å². The zero-order valence-corrected chi connectivity index (χ0v) is 10.5. The molecule has 0 saturated heterocycles. The second kappa shape index (κ2) is 7.05. The van der Waals surface area contributed by atoms with E-state index >= 15 is 0 Å². The van der Waals surface area contributed by atoms with Crippen LogP contribution in [0.2, 0.25) is 0 Å². The van der Waals surface area contributed by atoms with Crippen LogP contribution < -0.4 is 4.90 Å². The summed E-state index contributed by atoms with van der Waals surface area (Å²) in [6.45, 7) is 5.01. The van der Waals surface area contributed by atoms with Crippen LogP contribution in [0, 0.1) is 0 Å². The van der Waals surface area contributed by atoms with Gasteiger partial charge in [0.1, 0.15) is 17.7 Å². The highest BCUT2D eigenvalue weighted by Crippen LogP contribution is 2.18. The molecule has 0 bridgehead atoms. The average Bonchev–Trinajstić information content (AvgIpc) is 2.44. The lowest BCUT2D eigenvalue weighted by Crippen LogP contribution is -2.33. The van der Waals surface area contributed by atoms with Crippen molar-refractivity contribution < 1.29 is 19.1 Å². The Bertz CT molecular complexity index is 499. The highest BCUT2D eigenvalue weighted by molar-refractivity contribution is 6.06. The summed E-state index contributed by atoms with van der Waals surface area (Å²) in [4.78, 5) is 39.1. The summed E-state index contributed by atoms with van der Waals surface area (Å²) in [5.74, 6) is -1.03. The molecule has 1 aromatic heterocycles. The van der Waals surface area contributed by atoms with Gasteiger partial charge in [0, 0.05) is 6.20 Å². The Labute approximate surface area is 110 Å². The zero-order chi connectivity index (χ0) is 14.3. The molecule has 6 heteroatoms. The molecule has 0 aliphatic carbocycles. The number of nitrogens with zero attached hydrogens (tertiary/aromatic N) is 2. The lowest BCUT2D eigenvalue weighted by Gasteiger charge is -2.19. The van der Waals surface area contributed by atoms with Crippen molar-refractivity contribution in [2.45, 2.75) is 6.92 Å². The van der Waals surface area contributed by atoms with Gasteiger partial charge in [-0.15, -0.1) is 0 Å². The van der Waals surface area contributed by atoms with Gasteiger partial charge in [-0.2, -0.15) is 0 Å². The topological polar surface area (TPSA) is 76.6 Å². The monoisotopic (exact) mass is 262 g/mol. The highest BCUT2D eigenvalue weighted by atomic mass is 16.5. The van der Waals surface area contributed by atoms with Crippen molar-refractivity contribution in [3.8, 4) is 0 Å². The number of rotatable bonds is 6. The van der Waals surface area contributed by atoms with Gasteiger partial charge in [-0.25, -0.2) is 9.78 Å². The minimum Gasteiger partial charge on any atom is -0.462 e. The molecule has 100 valence electrons. The Kier molecular flexibility index (Phi) is 5.40. The molecular formula is C13H14N2O4. The summed E-state index contributed by atoms with van der Waals surface area (Å²) in [6, 6.07) is 3.03. The predicted molar refractivity (Wildman–Crippen MR) is 68.8 cm³/mol. The van der Waals surface area contributed by atoms with Crippen LogP contribution in [-0.2, 0) is 14.3 Å². The van der Waals surface area contributed by atoms with Gasteiger partial charge in [0.15, 0.2) is 0 Å². The molecule has 0 atom stereocenters. The molecule has 1 amide bonds. The normalized spacial score (nSPS) is 9.53. The molecule has 6 nitrogen and oxygen atoms in total. The van der Waals surface area contributed by atoms with Crippen molar-refractivity contribution in [3.05, 3.63) is 36.5 Å². The van der Waals surface area contributed by atoms with Crippen molar-refractivity contribution in [2.75, 3.05) is 18.1 Å². The third-order valence-electron chi connectivity index (χ3n) is 2.24. The molecule has 0 fully saturated rings. The van der Waals surface area contributed by atoms with Gasteiger partial charge in [-0.3, -0.25) is 9.69 Å². The molecule has 0 saturated carbocycles. The molecule has 1 rings (SSSR count). The quantitative estimate of drug-likeness (QED) is 0.434. The summed E-state index contributed by atoms with van der Waals surface area (Å²) >= 11 is 0. The van der Waals surface area contributed by atoms with E-state index in [0.717, 1.165) is 11.0 Å². The number of hydrogen-bond acceptors (Lipinski definition) is 5. The van der Waals surface area contributed by atoms with Gasteiger partial charge < -0.3 is 9.53 Å². The van der Waals surface area contributed by atoms with Crippen molar-refractivity contribution in [1.82, 2.24) is 4.98 Å². The fourth-order valence-corrected chi connectivity index (χ4v) is 1.45. The largest absolute Gasteiger partial charge is 0.462 e. The fraction of sp³-hybridized carbons (Fsp3) is 0.231. The van der Waals surface area contributed by atoms with Crippen molar-refractivity contribution >= 4 is 24.0 Å². The zero-order valence-electron chi connectivity index (χ0n) is 10.5. The maximum absolute atomic E-state index is 11.8. The molecule has 19 heavy (non-hydrogen) atoms. The SMILES string of the molecule is C=CC(=O)N(CC=O)c1ncccc1C(=O)OCC. The van der Waals surface area contributed by atoms with Gasteiger partial charge in [0.25, 0.3) is 5.91 Å². The van der Waals surface area contributed by atoms with Gasteiger partial charge in [0.2, 0.25) is 0 Å². The first-order chi connectivity index (χ1) is 9.15. The molecule has 0 aliphatic rings. The van der Waals surface area contributed by atoms with Crippen molar-refractivity contribution in [1.29, 1.82) is 0 Å². The van der Waals surface area contributed by atoms with Crippen LogP contribution in [0.3, 0.4) is 0 Å². The van der Waals surface area contributed by atoms with E-state index in [4.69, 9.17) is 4.74 Å². The lowest BCUT2D eigenvalue weighted by atomic mass is 10.2. The molecule has 0 aliphatic heterocycles. The first-order valence-electron chi connectivity index (χ1n) is 5.65. The van der Waals surface area contributed by atoms with Gasteiger partial charge in [-0.05, 0) is 25.1 Å².